The third kappa shape index (κ3) is 3.10. The zero-order valence-corrected chi connectivity index (χ0v) is 15.2. The quantitative estimate of drug-likeness (QED) is 0.908. The van der Waals surface area contributed by atoms with Crippen molar-refractivity contribution < 1.29 is 4.79 Å². The summed E-state index contributed by atoms with van der Waals surface area (Å²) in [6.45, 7) is 5.92. The van der Waals surface area contributed by atoms with Gasteiger partial charge in [-0.3, -0.25) is 9.48 Å². The second-order valence-corrected chi connectivity index (χ2v) is 7.46. The summed E-state index contributed by atoms with van der Waals surface area (Å²) >= 11 is 0. The van der Waals surface area contributed by atoms with Gasteiger partial charge in [0, 0.05) is 43.2 Å². The standard InChI is InChI=1S/C19H27N5O/c1-3-8-23-12-16(13(2)22-23)17-10-20-19(21-17)14-9-18(25)24(11-14)15-6-4-5-7-15/h10,12,14-15H,3-9,11H2,1-2H3,(H,20,21). The minimum absolute atomic E-state index is 0.188. The lowest BCUT2D eigenvalue weighted by molar-refractivity contribution is -0.129. The minimum atomic E-state index is 0.188. The molecule has 1 N–H and O–H groups in total. The van der Waals surface area contributed by atoms with Crippen molar-refractivity contribution in [1.82, 2.24) is 24.6 Å². The zero-order chi connectivity index (χ0) is 17.4. The van der Waals surface area contributed by atoms with Gasteiger partial charge in [0.05, 0.1) is 17.6 Å². The normalized spacial score (nSPS) is 21.6. The number of nitrogens with zero attached hydrogens (tertiary/aromatic N) is 4. The first kappa shape index (κ1) is 16.4. The average Bonchev–Trinajstić information content (AvgIpc) is 3.33. The Labute approximate surface area is 148 Å². The molecule has 6 heteroatoms. The molecule has 1 aliphatic carbocycles. The Bertz CT molecular complexity index is 756. The largest absolute Gasteiger partial charge is 0.342 e. The summed E-state index contributed by atoms with van der Waals surface area (Å²) in [5.41, 5.74) is 3.12. The van der Waals surface area contributed by atoms with Gasteiger partial charge in [-0.15, -0.1) is 0 Å². The van der Waals surface area contributed by atoms with Gasteiger partial charge in [0.15, 0.2) is 0 Å². The molecule has 2 fully saturated rings. The summed E-state index contributed by atoms with van der Waals surface area (Å²) in [5.74, 6) is 1.42. The summed E-state index contributed by atoms with van der Waals surface area (Å²) in [7, 11) is 0. The van der Waals surface area contributed by atoms with Crippen LogP contribution in [0.15, 0.2) is 12.4 Å². The van der Waals surface area contributed by atoms with E-state index in [9.17, 15) is 4.79 Å². The van der Waals surface area contributed by atoms with Gasteiger partial charge in [-0.1, -0.05) is 19.8 Å². The predicted octanol–water partition coefficient (Wildman–Crippen LogP) is 3.25. The Morgan fingerprint density at radius 1 is 1.32 bits per heavy atom. The van der Waals surface area contributed by atoms with Crippen LogP contribution in [0.25, 0.3) is 11.3 Å². The number of likely N-dealkylation sites (tertiary alicyclic amines) is 1. The van der Waals surface area contributed by atoms with E-state index in [1.807, 2.05) is 17.8 Å². The third-order valence-corrected chi connectivity index (χ3v) is 5.60. The van der Waals surface area contributed by atoms with Crippen LogP contribution in [0.4, 0.5) is 0 Å². The highest BCUT2D eigenvalue weighted by atomic mass is 16.2. The number of rotatable bonds is 5. The van der Waals surface area contributed by atoms with Crippen LogP contribution in [-0.4, -0.2) is 43.1 Å². The zero-order valence-electron chi connectivity index (χ0n) is 15.2. The van der Waals surface area contributed by atoms with Crippen LogP contribution in [-0.2, 0) is 11.3 Å². The van der Waals surface area contributed by atoms with E-state index in [4.69, 9.17) is 0 Å². The van der Waals surface area contributed by atoms with Crippen LogP contribution in [0, 0.1) is 6.92 Å². The van der Waals surface area contributed by atoms with Crippen molar-refractivity contribution >= 4 is 5.91 Å². The van der Waals surface area contributed by atoms with E-state index in [2.05, 4.69) is 33.1 Å². The number of nitrogens with one attached hydrogen (secondary N) is 1. The molecule has 0 radical (unpaired) electrons. The lowest BCUT2D eigenvalue weighted by Gasteiger charge is -2.23. The molecule has 2 aromatic heterocycles. The Morgan fingerprint density at radius 3 is 2.88 bits per heavy atom. The van der Waals surface area contributed by atoms with Crippen molar-refractivity contribution in [3.8, 4) is 11.3 Å². The lowest BCUT2D eigenvalue weighted by Crippen LogP contribution is -2.34. The van der Waals surface area contributed by atoms with Crippen molar-refractivity contribution in [2.24, 2.45) is 0 Å². The number of hydrogen-bond acceptors (Lipinski definition) is 3. The van der Waals surface area contributed by atoms with E-state index in [0.717, 1.165) is 55.1 Å². The Morgan fingerprint density at radius 2 is 2.12 bits per heavy atom. The van der Waals surface area contributed by atoms with Crippen LogP contribution in [0.5, 0.6) is 0 Å². The number of imidazole rings is 1. The van der Waals surface area contributed by atoms with Crippen molar-refractivity contribution in [2.75, 3.05) is 6.54 Å². The van der Waals surface area contributed by atoms with Crippen molar-refractivity contribution in [3.05, 3.63) is 23.9 Å². The number of aromatic amines is 1. The third-order valence-electron chi connectivity index (χ3n) is 5.60. The fraction of sp³-hybridized carbons (Fsp3) is 0.632. The van der Waals surface area contributed by atoms with Gasteiger partial charge in [-0.25, -0.2) is 4.98 Å². The van der Waals surface area contributed by atoms with E-state index in [-0.39, 0.29) is 5.92 Å². The molecule has 1 aliphatic heterocycles. The van der Waals surface area contributed by atoms with Crippen LogP contribution in [0.2, 0.25) is 0 Å². The van der Waals surface area contributed by atoms with Crippen LogP contribution >= 0.6 is 0 Å². The smallest absolute Gasteiger partial charge is 0.223 e. The van der Waals surface area contributed by atoms with E-state index < -0.39 is 0 Å². The predicted molar refractivity (Wildman–Crippen MR) is 96.2 cm³/mol. The van der Waals surface area contributed by atoms with E-state index in [1.165, 1.54) is 12.8 Å². The lowest BCUT2D eigenvalue weighted by atomic mass is 10.1. The molecule has 0 bridgehead atoms. The molecule has 1 amide bonds. The molecule has 134 valence electrons. The van der Waals surface area contributed by atoms with Gasteiger partial charge in [0.2, 0.25) is 5.91 Å². The number of carbonyl (C=O) groups excluding carboxylic acids is 1. The topological polar surface area (TPSA) is 66.8 Å². The maximum atomic E-state index is 12.4. The molecule has 6 nitrogen and oxygen atoms in total. The number of amides is 1. The second kappa shape index (κ2) is 6.65. The maximum absolute atomic E-state index is 12.4. The monoisotopic (exact) mass is 341 g/mol. The molecule has 0 aromatic carbocycles. The van der Waals surface area contributed by atoms with E-state index in [0.29, 0.717) is 18.4 Å². The molecule has 4 rings (SSSR count). The molecular weight excluding hydrogens is 314 g/mol. The highest BCUT2D eigenvalue weighted by molar-refractivity contribution is 5.80. The summed E-state index contributed by atoms with van der Waals surface area (Å²) in [6, 6.07) is 0.460. The number of H-pyrrole nitrogens is 1. The number of carbonyl (C=O) groups is 1. The molecule has 2 aromatic rings. The van der Waals surface area contributed by atoms with Crippen LogP contribution in [0.3, 0.4) is 0 Å². The average molecular weight is 341 g/mol. The Hall–Kier alpha value is -2.11. The van der Waals surface area contributed by atoms with Gasteiger partial charge >= 0.3 is 0 Å². The van der Waals surface area contributed by atoms with E-state index in [1.54, 1.807) is 0 Å². The van der Waals surface area contributed by atoms with Crippen LogP contribution < -0.4 is 0 Å². The summed E-state index contributed by atoms with van der Waals surface area (Å²) in [6.07, 6.45) is 10.5. The van der Waals surface area contributed by atoms with Gasteiger partial charge in [-0.2, -0.15) is 5.10 Å². The summed E-state index contributed by atoms with van der Waals surface area (Å²) in [5, 5.41) is 4.57. The molecule has 1 atom stereocenters. The Kier molecular flexibility index (Phi) is 4.36. The van der Waals surface area contributed by atoms with Gasteiger partial charge in [0.1, 0.15) is 5.82 Å². The minimum Gasteiger partial charge on any atom is -0.342 e. The molecule has 0 spiro atoms. The number of aromatic nitrogens is 4. The van der Waals surface area contributed by atoms with Crippen molar-refractivity contribution in [3.63, 3.8) is 0 Å². The molecule has 1 unspecified atom stereocenters. The first-order valence-electron chi connectivity index (χ1n) is 9.54. The number of hydrogen-bond donors (Lipinski definition) is 1. The van der Waals surface area contributed by atoms with Gasteiger partial charge < -0.3 is 9.88 Å². The van der Waals surface area contributed by atoms with Gasteiger partial charge in [-0.05, 0) is 26.2 Å². The highest BCUT2D eigenvalue weighted by Crippen LogP contribution is 2.34. The van der Waals surface area contributed by atoms with Crippen molar-refractivity contribution in [1.29, 1.82) is 0 Å². The molecule has 1 saturated heterocycles. The number of aryl methyl sites for hydroxylation is 2. The first-order chi connectivity index (χ1) is 12.2. The molecule has 2 aliphatic rings. The SMILES string of the molecule is CCCn1cc(-c2cnc(C3CC(=O)N(C4CCCC4)C3)[nH]2)c(C)n1. The molecule has 25 heavy (non-hydrogen) atoms. The summed E-state index contributed by atoms with van der Waals surface area (Å²) < 4.78 is 1.99. The fourth-order valence-corrected chi connectivity index (χ4v) is 4.29. The first-order valence-corrected chi connectivity index (χ1v) is 9.54. The van der Waals surface area contributed by atoms with E-state index >= 15 is 0 Å². The molecule has 1 saturated carbocycles. The van der Waals surface area contributed by atoms with Crippen molar-refractivity contribution in [2.45, 2.75) is 70.9 Å². The highest BCUT2D eigenvalue weighted by Gasteiger charge is 2.37. The van der Waals surface area contributed by atoms with Gasteiger partial charge in [0.25, 0.3) is 0 Å². The molecule has 3 heterocycles. The van der Waals surface area contributed by atoms with Crippen LogP contribution in [0.1, 0.15) is 62.9 Å². The molecular formula is C19H27N5O. The maximum Gasteiger partial charge on any atom is 0.223 e. The fourth-order valence-electron chi connectivity index (χ4n) is 4.29. The summed E-state index contributed by atoms with van der Waals surface area (Å²) in [4.78, 5) is 22.6. The second-order valence-electron chi connectivity index (χ2n) is 7.46. The Balaban J connectivity index is 1.51.